The lowest BCUT2D eigenvalue weighted by molar-refractivity contribution is 0.375. The summed E-state index contributed by atoms with van der Waals surface area (Å²) in [5.74, 6) is 1.30. The van der Waals surface area contributed by atoms with Crippen LogP contribution in [0.4, 0.5) is 0 Å². The Kier molecular flexibility index (Phi) is 3.82. The molecule has 0 amide bonds. The molecule has 0 fully saturated rings. The summed E-state index contributed by atoms with van der Waals surface area (Å²) in [6.45, 7) is 2.68. The van der Waals surface area contributed by atoms with Crippen LogP contribution >= 0.6 is 0 Å². The van der Waals surface area contributed by atoms with Gasteiger partial charge in [-0.1, -0.05) is 5.16 Å². The molecule has 0 saturated carbocycles. The molecule has 5 nitrogen and oxygen atoms in total. The molecule has 0 saturated heterocycles. The van der Waals surface area contributed by atoms with Gasteiger partial charge in [-0.05, 0) is 37.9 Å². The topological polar surface area (TPSA) is 77.8 Å². The van der Waals surface area contributed by atoms with Crippen LogP contribution in [0.5, 0.6) is 0 Å². The zero-order valence-electron chi connectivity index (χ0n) is 9.89. The van der Waals surface area contributed by atoms with Gasteiger partial charge in [0.05, 0.1) is 0 Å². The molecule has 0 aliphatic heterocycles. The fraction of sp³-hybridized carbons (Fsp3) is 0.417. The maximum absolute atomic E-state index is 5.44. The molecule has 2 N–H and O–H groups in total. The Hall–Kier alpha value is -1.75. The second kappa shape index (κ2) is 5.54. The summed E-state index contributed by atoms with van der Waals surface area (Å²) in [6.07, 6.45) is 6.26. The van der Waals surface area contributed by atoms with E-state index < -0.39 is 0 Å². The molecule has 2 aromatic heterocycles. The van der Waals surface area contributed by atoms with Crippen molar-refractivity contribution in [3.05, 3.63) is 29.9 Å². The smallest absolute Gasteiger partial charge is 0.226 e. The highest BCUT2D eigenvalue weighted by molar-refractivity contribution is 5.57. The van der Waals surface area contributed by atoms with Gasteiger partial charge < -0.3 is 10.3 Å². The maximum atomic E-state index is 5.44. The van der Waals surface area contributed by atoms with E-state index in [1.54, 1.807) is 12.4 Å². The average Bonchev–Trinajstić information content (AvgIpc) is 2.79. The lowest BCUT2D eigenvalue weighted by atomic mass is 10.1. The van der Waals surface area contributed by atoms with Gasteiger partial charge in [0, 0.05) is 24.4 Å². The minimum Gasteiger partial charge on any atom is -0.339 e. The van der Waals surface area contributed by atoms with E-state index in [0.717, 1.165) is 30.4 Å². The van der Waals surface area contributed by atoms with E-state index in [4.69, 9.17) is 10.3 Å². The molecule has 0 aliphatic carbocycles. The summed E-state index contributed by atoms with van der Waals surface area (Å²) < 4.78 is 5.20. The SMILES string of the molecule is Cc1cnccc1-c1noc(CCCCN)n1. The first-order valence-corrected chi connectivity index (χ1v) is 5.75. The fourth-order valence-electron chi connectivity index (χ4n) is 1.61. The van der Waals surface area contributed by atoms with Gasteiger partial charge in [-0.15, -0.1) is 0 Å². The molecule has 0 aromatic carbocycles. The van der Waals surface area contributed by atoms with Crippen molar-refractivity contribution in [1.29, 1.82) is 0 Å². The van der Waals surface area contributed by atoms with Crippen molar-refractivity contribution in [3.8, 4) is 11.4 Å². The first kappa shape index (κ1) is 11.7. The number of hydrogen-bond acceptors (Lipinski definition) is 5. The molecule has 0 aliphatic rings. The molecule has 2 aromatic rings. The van der Waals surface area contributed by atoms with Crippen LogP contribution in [0.3, 0.4) is 0 Å². The Morgan fingerprint density at radius 3 is 3.00 bits per heavy atom. The van der Waals surface area contributed by atoms with Crippen molar-refractivity contribution in [2.24, 2.45) is 5.73 Å². The molecular weight excluding hydrogens is 216 g/mol. The van der Waals surface area contributed by atoms with E-state index in [1.165, 1.54) is 0 Å². The third-order valence-electron chi connectivity index (χ3n) is 2.57. The Balaban J connectivity index is 2.10. The third-order valence-corrected chi connectivity index (χ3v) is 2.57. The Morgan fingerprint density at radius 2 is 2.24 bits per heavy atom. The summed E-state index contributed by atoms with van der Waals surface area (Å²) in [7, 11) is 0. The van der Waals surface area contributed by atoms with E-state index >= 15 is 0 Å². The quantitative estimate of drug-likeness (QED) is 0.794. The highest BCUT2D eigenvalue weighted by Gasteiger charge is 2.10. The van der Waals surface area contributed by atoms with E-state index in [-0.39, 0.29) is 0 Å². The van der Waals surface area contributed by atoms with Gasteiger partial charge in [-0.2, -0.15) is 4.98 Å². The largest absolute Gasteiger partial charge is 0.339 e. The standard InChI is InChI=1S/C12H16N4O/c1-9-8-14-7-5-10(9)12-15-11(17-16-12)4-2-3-6-13/h5,7-8H,2-4,6,13H2,1H3. The van der Waals surface area contributed by atoms with Crippen molar-refractivity contribution < 1.29 is 4.52 Å². The summed E-state index contributed by atoms with van der Waals surface area (Å²) in [4.78, 5) is 8.40. The molecule has 90 valence electrons. The highest BCUT2D eigenvalue weighted by atomic mass is 16.5. The Bertz CT molecular complexity index is 481. The van der Waals surface area contributed by atoms with Crippen LogP contribution in [0.1, 0.15) is 24.3 Å². The number of aryl methyl sites for hydroxylation is 2. The number of nitrogens with zero attached hydrogens (tertiary/aromatic N) is 3. The second-order valence-corrected chi connectivity index (χ2v) is 3.95. The minimum absolute atomic E-state index is 0.632. The predicted octanol–water partition coefficient (Wildman–Crippen LogP) is 1.72. The minimum atomic E-state index is 0.632. The van der Waals surface area contributed by atoms with Crippen LogP contribution in [-0.4, -0.2) is 21.7 Å². The van der Waals surface area contributed by atoms with Gasteiger partial charge in [0.2, 0.25) is 11.7 Å². The van der Waals surface area contributed by atoms with Crippen molar-refractivity contribution >= 4 is 0 Å². The number of rotatable bonds is 5. The predicted molar refractivity (Wildman–Crippen MR) is 64.3 cm³/mol. The van der Waals surface area contributed by atoms with Gasteiger partial charge in [0.15, 0.2) is 0 Å². The lowest BCUT2D eigenvalue weighted by Crippen LogP contribution is -1.99. The van der Waals surface area contributed by atoms with E-state index in [0.29, 0.717) is 18.3 Å². The lowest BCUT2D eigenvalue weighted by Gasteiger charge is -1.97. The summed E-state index contributed by atoms with van der Waals surface area (Å²) in [5, 5.41) is 3.98. The molecule has 2 rings (SSSR count). The maximum Gasteiger partial charge on any atom is 0.226 e. The van der Waals surface area contributed by atoms with Crippen molar-refractivity contribution in [2.45, 2.75) is 26.2 Å². The first-order valence-electron chi connectivity index (χ1n) is 5.75. The molecule has 2 heterocycles. The molecular formula is C12H16N4O. The van der Waals surface area contributed by atoms with Crippen LogP contribution in [0, 0.1) is 6.92 Å². The van der Waals surface area contributed by atoms with E-state index in [9.17, 15) is 0 Å². The van der Waals surface area contributed by atoms with Crippen molar-refractivity contribution in [1.82, 2.24) is 15.1 Å². The monoisotopic (exact) mass is 232 g/mol. The second-order valence-electron chi connectivity index (χ2n) is 3.95. The molecule has 0 unspecified atom stereocenters. The molecule has 17 heavy (non-hydrogen) atoms. The zero-order chi connectivity index (χ0) is 12.1. The van der Waals surface area contributed by atoms with Gasteiger partial charge >= 0.3 is 0 Å². The van der Waals surface area contributed by atoms with Crippen LogP contribution in [0.15, 0.2) is 23.0 Å². The van der Waals surface area contributed by atoms with E-state index in [2.05, 4.69) is 15.1 Å². The summed E-state index contributed by atoms with van der Waals surface area (Å²) in [6, 6.07) is 1.89. The fourth-order valence-corrected chi connectivity index (χ4v) is 1.61. The number of pyridine rings is 1. The van der Waals surface area contributed by atoms with Crippen molar-refractivity contribution in [3.63, 3.8) is 0 Å². The van der Waals surface area contributed by atoms with Crippen LogP contribution < -0.4 is 5.73 Å². The number of unbranched alkanes of at least 4 members (excludes halogenated alkanes) is 1. The Labute approximate surface area is 100 Å². The molecule has 0 bridgehead atoms. The van der Waals surface area contributed by atoms with Crippen molar-refractivity contribution in [2.75, 3.05) is 6.54 Å². The number of nitrogens with two attached hydrogens (primary N) is 1. The summed E-state index contributed by atoms with van der Waals surface area (Å²) in [5.41, 5.74) is 7.45. The highest BCUT2D eigenvalue weighted by Crippen LogP contribution is 2.19. The average molecular weight is 232 g/mol. The third kappa shape index (κ3) is 2.88. The van der Waals surface area contributed by atoms with Crippen LogP contribution in [0.2, 0.25) is 0 Å². The number of hydrogen-bond donors (Lipinski definition) is 1. The number of aromatic nitrogens is 3. The summed E-state index contributed by atoms with van der Waals surface area (Å²) >= 11 is 0. The molecule has 0 spiro atoms. The normalized spacial score (nSPS) is 10.7. The van der Waals surface area contributed by atoms with Crippen LogP contribution in [-0.2, 0) is 6.42 Å². The van der Waals surface area contributed by atoms with Gasteiger partial charge in [0.25, 0.3) is 0 Å². The first-order chi connectivity index (χ1) is 8.31. The zero-order valence-corrected chi connectivity index (χ0v) is 9.89. The van der Waals surface area contributed by atoms with Gasteiger partial charge in [0.1, 0.15) is 0 Å². The Morgan fingerprint density at radius 1 is 1.35 bits per heavy atom. The van der Waals surface area contributed by atoms with Crippen LogP contribution in [0.25, 0.3) is 11.4 Å². The molecule has 0 atom stereocenters. The van der Waals surface area contributed by atoms with Gasteiger partial charge in [-0.25, -0.2) is 0 Å². The molecule has 5 heteroatoms. The van der Waals surface area contributed by atoms with E-state index in [1.807, 2.05) is 13.0 Å². The molecule has 0 radical (unpaired) electrons. The van der Waals surface area contributed by atoms with Gasteiger partial charge in [-0.3, -0.25) is 4.98 Å².